The molecule has 0 radical (unpaired) electrons. The zero-order valence-electron chi connectivity index (χ0n) is 14.4. The molecule has 0 aliphatic rings. The lowest BCUT2D eigenvalue weighted by Gasteiger charge is -2.11. The van der Waals surface area contributed by atoms with Gasteiger partial charge in [0.25, 0.3) is 5.91 Å². The second kappa shape index (κ2) is 7.11. The molecule has 130 valence electrons. The summed E-state index contributed by atoms with van der Waals surface area (Å²) < 4.78 is 1.72. The number of anilines is 1. The fourth-order valence-electron chi connectivity index (χ4n) is 2.52. The zero-order chi connectivity index (χ0) is 18.0. The van der Waals surface area contributed by atoms with Crippen molar-refractivity contribution in [1.29, 1.82) is 0 Å². The van der Waals surface area contributed by atoms with Crippen LogP contribution in [0.5, 0.6) is 0 Å². The average Bonchev–Trinajstić information content (AvgIpc) is 3.02. The molecule has 0 fully saturated rings. The van der Waals surface area contributed by atoms with Gasteiger partial charge in [-0.1, -0.05) is 37.6 Å². The van der Waals surface area contributed by atoms with Crippen LogP contribution in [0.4, 0.5) is 5.69 Å². The molecule has 0 aliphatic heterocycles. The molecule has 25 heavy (non-hydrogen) atoms. The third kappa shape index (κ3) is 3.58. The van der Waals surface area contributed by atoms with Gasteiger partial charge in [-0.25, -0.2) is 9.50 Å². The number of carbonyl (C=O) groups excluding carboxylic acids is 1. The summed E-state index contributed by atoms with van der Waals surface area (Å²) in [4.78, 5) is 16.2. The van der Waals surface area contributed by atoms with Crippen LogP contribution in [0.2, 0.25) is 5.15 Å². The number of benzene rings is 1. The number of hydrogen-bond acceptors (Lipinski definition) is 4. The van der Waals surface area contributed by atoms with Gasteiger partial charge in [0.2, 0.25) is 0 Å². The summed E-state index contributed by atoms with van der Waals surface area (Å²) in [6.07, 6.45) is 1.76. The molecular weight excluding hydrogens is 338 g/mol. The van der Waals surface area contributed by atoms with Crippen molar-refractivity contribution < 1.29 is 4.79 Å². The molecule has 2 aromatic heterocycles. The monoisotopic (exact) mass is 357 g/mol. The number of carbonyl (C=O) groups is 1. The Balaban J connectivity index is 2.01. The Kier molecular flexibility index (Phi) is 4.90. The van der Waals surface area contributed by atoms with Crippen LogP contribution in [0.25, 0.3) is 16.9 Å². The SMILES string of the molecule is CNC(=O)c1ccc(-c2cnc3c(NCC(C)C)cc(Cl)nn23)cc1. The fraction of sp³-hybridized carbons (Fsp3) is 0.278. The average molecular weight is 358 g/mol. The summed E-state index contributed by atoms with van der Waals surface area (Å²) in [5, 5.41) is 10.7. The summed E-state index contributed by atoms with van der Waals surface area (Å²) >= 11 is 6.19. The Morgan fingerprint density at radius 1 is 1.28 bits per heavy atom. The molecule has 0 unspecified atom stereocenters. The van der Waals surface area contributed by atoms with Crippen molar-refractivity contribution >= 4 is 28.8 Å². The van der Waals surface area contributed by atoms with Gasteiger partial charge in [0.05, 0.1) is 17.6 Å². The normalized spacial score (nSPS) is 11.1. The number of imidazole rings is 1. The minimum Gasteiger partial charge on any atom is -0.382 e. The molecule has 7 heteroatoms. The molecule has 2 N–H and O–H groups in total. The van der Waals surface area contributed by atoms with Gasteiger partial charge >= 0.3 is 0 Å². The Hall–Kier alpha value is -2.60. The van der Waals surface area contributed by atoms with Crippen molar-refractivity contribution in [3.63, 3.8) is 0 Å². The van der Waals surface area contributed by atoms with E-state index in [-0.39, 0.29) is 5.91 Å². The Bertz CT molecular complexity index is 902. The number of hydrogen-bond donors (Lipinski definition) is 2. The van der Waals surface area contributed by atoms with Crippen LogP contribution in [0.15, 0.2) is 36.5 Å². The molecule has 0 saturated carbocycles. The lowest BCUT2D eigenvalue weighted by atomic mass is 10.1. The Morgan fingerprint density at radius 3 is 2.64 bits per heavy atom. The lowest BCUT2D eigenvalue weighted by Crippen LogP contribution is -2.17. The first-order valence-corrected chi connectivity index (χ1v) is 8.48. The number of amides is 1. The number of fused-ring (bicyclic) bond motifs is 1. The minimum absolute atomic E-state index is 0.119. The van der Waals surface area contributed by atoms with Gasteiger partial charge < -0.3 is 10.6 Å². The van der Waals surface area contributed by atoms with Crippen molar-refractivity contribution in [3.05, 3.63) is 47.2 Å². The zero-order valence-corrected chi connectivity index (χ0v) is 15.1. The summed E-state index contributed by atoms with van der Waals surface area (Å²) in [7, 11) is 1.61. The van der Waals surface area contributed by atoms with Crippen LogP contribution < -0.4 is 10.6 Å². The first-order valence-electron chi connectivity index (χ1n) is 8.10. The van der Waals surface area contributed by atoms with Gasteiger partial charge in [0, 0.05) is 30.8 Å². The van der Waals surface area contributed by atoms with E-state index in [1.165, 1.54) is 0 Å². The van der Waals surface area contributed by atoms with Crippen LogP contribution >= 0.6 is 11.6 Å². The van der Waals surface area contributed by atoms with E-state index < -0.39 is 0 Å². The molecule has 2 heterocycles. The number of halogens is 1. The molecule has 3 aromatic rings. The smallest absolute Gasteiger partial charge is 0.251 e. The highest BCUT2D eigenvalue weighted by atomic mass is 35.5. The first kappa shape index (κ1) is 17.2. The summed E-state index contributed by atoms with van der Waals surface area (Å²) in [5.41, 5.74) is 3.89. The predicted molar refractivity (Wildman–Crippen MR) is 100 cm³/mol. The first-order chi connectivity index (χ1) is 12.0. The van der Waals surface area contributed by atoms with Crippen molar-refractivity contribution in [2.45, 2.75) is 13.8 Å². The third-order valence-corrected chi connectivity index (χ3v) is 3.99. The van der Waals surface area contributed by atoms with Gasteiger partial charge in [-0.3, -0.25) is 4.79 Å². The Morgan fingerprint density at radius 2 is 2.00 bits per heavy atom. The molecule has 3 rings (SSSR count). The third-order valence-electron chi connectivity index (χ3n) is 3.81. The van der Waals surface area contributed by atoms with Crippen molar-refractivity contribution in [2.24, 2.45) is 5.92 Å². The van der Waals surface area contributed by atoms with E-state index in [4.69, 9.17) is 11.6 Å². The van der Waals surface area contributed by atoms with Gasteiger partial charge in [-0.15, -0.1) is 0 Å². The number of aromatic nitrogens is 3. The highest BCUT2D eigenvalue weighted by Crippen LogP contribution is 2.26. The standard InChI is InChI=1S/C18H20ClN5O/c1-11(2)9-21-14-8-16(19)23-24-15(10-22-17(14)24)12-4-6-13(7-5-12)18(25)20-3/h4-8,10-11,21H,9H2,1-3H3,(H,20,25). The maximum atomic E-state index is 11.7. The van der Waals surface area contributed by atoms with E-state index in [9.17, 15) is 4.79 Å². The molecule has 0 aliphatic carbocycles. The molecule has 0 saturated heterocycles. The quantitative estimate of drug-likeness (QED) is 0.733. The number of rotatable bonds is 5. The molecule has 1 amide bonds. The van der Waals surface area contributed by atoms with E-state index in [1.54, 1.807) is 36.0 Å². The largest absolute Gasteiger partial charge is 0.382 e. The van der Waals surface area contributed by atoms with E-state index in [0.29, 0.717) is 16.6 Å². The second-order valence-electron chi connectivity index (χ2n) is 6.19. The Labute approximate surface area is 151 Å². The van der Waals surface area contributed by atoms with Crippen LogP contribution in [0.3, 0.4) is 0 Å². The molecule has 6 nitrogen and oxygen atoms in total. The molecule has 1 aromatic carbocycles. The van der Waals surface area contributed by atoms with Gasteiger partial charge in [-0.2, -0.15) is 5.10 Å². The van der Waals surface area contributed by atoms with E-state index in [0.717, 1.165) is 29.1 Å². The van der Waals surface area contributed by atoms with Crippen LogP contribution in [0.1, 0.15) is 24.2 Å². The van der Waals surface area contributed by atoms with E-state index >= 15 is 0 Å². The molecule has 0 spiro atoms. The van der Waals surface area contributed by atoms with Crippen LogP contribution in [0, 0.1) is 5.92 Å². The number of nitrogens with zero attached hydrogens (tertiary/aromatic N) is 3. The van der Waals surface area contributed by atoms with Crippen LogP contribution in [-0.4, -0.2) is 34.1 Å². The van der Waals surface area contributed by atoms with Gasteiger partial charge in [-0.05, 0) is 18.1 Å². The fourth-order valence-corrected chi connectivity index (χ4v) is 2.70. The highest BCUT2D eigenvalue weighted by Gasteiger charge is 2.13. The van der Waals surface area contributed by atoms with E-state index in [2.05, 4.69) is 34.6 Å². The number of nitrogens with one attached hydrogen (secondary N) is 2. The van der Waals surface area contributed by atoms with Crippen molar-refractivity contribution in [2.75, 3.05) is 18.9 Å². The van der Waals surface area contributed by atoms with E-state index in [1.807, 2.05) is 12.1 Å². The summed E-state index contributed by atoms with van der Waals surface area (Å²) in [6, 6.07) is 9.08. The van der Waals surface area contributed by atoms with Gasteiger partial charge in [0.1, 0.15) is 0 Å². The lowest BCUT2D eigenvalue weighted by molar-refractivity contribution is 0.0963. The van der Waals surface area contributed by atoms with Crippen molar-refractivity contribution in [3.8, 4) is 11.3 Å². The van der Waals surface area contributed by atoms with Crippen molar-refractivity contribution in [1.82, 2.24) is 19.9 Å². The molecule has 0 bridgehead atoms. The topological polar surface area (TPSA) is 71.3 Å². The molecular formula is C18H20ClN5O. The van der Waals surface area contributed by atoms with Crippen LogP contribution in [-0.2, 0) is 0 Å². The highest BCUT2D eigenvalue weighted by molar-refractivity contribution is 6.29. The summed E-state index contributed by atoms with van der Waals surface area (Å²) in [6.45, 7) is 5.09. The maximum absolute atomic E-state index is 11.7. The maximum Gasteiger partial charge on any atom is 0.251 e. The van der Waals surface area contributed by atoms with Gasteiger partial charge in [0.15, 0.2) is 10.8 Å². The predicted octanol–water partition coefficient (Wildman–Crippen LogP) is 3.48. The molecule has 0 atom stereocenters. The minimum atomic E-state index is -0.119. The second-order valence-corrected chi connectivity index (χ2v) is 6.58. The summed E-state index contributed by atoms with van der Waals surface area (Å²) in [5.74, 6) is 0.379.